The number of H-pyrrole nitrogens is 1. The molecule has 216 valence electrons. The fraction of sp³-hybridized carbons (Fsp3) is 0.364. The standard InChI is InChI=1S/C33H37N7O2/c1-3-4-11-30-35-29-17-16-24(33(2,42)20-25-8-7-18-34-25)19-28(29)32(41)40(30)21-22-12-14-23(15-13-22)26-9-5-6-10-27(26)31-36-38-39-37-31/h5-6,9-10,12-17,19,25,34,42H,3-4,7-8,11,18,20-21H2,1-2H3,(H,36,37,38,39)/t25-,33?/m1/s1. The van der Waals surface area contributed by atoms with E-state index >= 15 is 0 Å². The van der Waals surface area contributed by atoms with Crippen LogP contribution in [0.25, 0.3) is 33.4 Å². The minimum Gasteiger partial charge on any atom is -0.385 e. The zero-order valence-corrected chi connectivity index (χ0v) is 24.2. The smallest absolute Gasteiger partial charge is 0.261 e. The Kier molecular flexibility index (Phi) is 7.95. The lowest BCUT2D eigenvalue weighted by atomic mass is 9.88. The molecule has 0 aliphatic carbocycles. The van der Waals surface area contributed by atoms with Crippen molar-refractivity contribution < 1.29 is 5.11 Å². The molecule has 6 rings (SSSR count). The lowest BCUT2D eigenvalue weighted by molar-refractivity contribution is 0.0386. The van der Waals surface area contributed by atoms with E-state index in [0.717, 1.165) is 72.3 Å². The Morgan fingerprint density at radius 2 is 1.88 bits per heavy atom. The van der Waals surface area contributed by atoms with E-state index in [4.69, 9.17) is 4.98 Å². The van der Waals surface area contributed by atoms with Crippen molar-refractivity contribution in [1.29, 1.82) is 0 Å². The quantitative estimate of drug-likeness (QED) is 0.219. The number of unbranched alkanes of at least 4 members (excludes halogenated alkanes) is 1. The van der Waals surface area contributed by atoms with E-state index in [0.29, 0.717) is 29.7 Å². The summed E-state index contributed by atoms with van der Waals surface area (Å²) in [6.45, 7) is 5.39. The van der Waals surface area contributed by atoms with Gasteiger partial charge in [0.2, 0.25) is 5.82 Å². The van der Waals surface area contributed by atoms with Crippen molar-refractivity contribution in [2.75, 3.05) is 6.54 Å². The Morgan fingerprint density at radius 1 is 1.07 bits per heavy atom. The normalized spacial score (nSPS) is 16.6. The number of aromatic amines is 1. The molecule has 2 atom stereocenters. The van der Waals surface area contributed by atoms with Crippen LogP contribution in [0.15, 0.2) is 71.5 Å². The van der Waals surface area contributed by atoms with Crippen LogP contribution in [0.4, 0.5) is 0 Å². The van der Waals surface area contributed by atoms with Gasteiger partial charge in [0.25, 0.3) is 5.56 Å². The molecule has 9 heteroatoms. The molecule has 3 N–H and O–H groups in total. The van der Waals surface area contributed by atoms with Crippen molar-refractivity contribution in [2.24, 2.45) is 0 Å². The third kappa shape index (κ3) is 5.75. The van der Waals surface area contributed by atoms with E-state index in [-0.39, 0.29) is 11.6 Å². The molecule has 1 fully saturated rings. The highest BCUT2D eigenvalue weighted by Crippen LogP contribution is 2.31. The highest BCUT2D eigenvalue weighted by Gasteiger charge is 2.29. The summed E-state index contributed by atoms with van der Waals surface area (Å²) in [6, 6.07) is 22.1. The molecule has 5 aromatic rings. The van der Waals surface area contributed by atoms with Gasteiger partial charge in [0.1, 0.15) is 5.82 Å². The second-order valence-electron chi connectivity index (χ2n) is 11.5. The molecule has 2 aromatic heterocycles. The van der Waals surface area contributed by atoms with Crippen LogP contribution in [0.3, 0.4) is 0 Å². The Bertz CT molecular complexity index is 1720. The van der Waals surface area contributed by atoms with Crippen LogP contribution in [0.5, 0.6) is 0 Å². The van der Waals surface area contributed by atoms with E-state index in [9.17, 15) is 9.90 Å². The molecule has 1 aliphatic rings. The molecule has 0 bridgehead atoms. The first-order valence-corrected chi connectivity index (χ1v) is 14.8. The number of aromatic nitrogens is 6. The summed E-state index contributed by atoms with van der Waals surface area (Å²) in [5.41, 5.74) is 4.24. The SMILES string of the molecule is CCCCc1nc2ccc(C(C)(O)C[C@H]3CCCN3)cc2c(=O)n1Cc1ccc(-c2ccccc2-c2nn[nH]n2)cc1. The number of rotatable bonds is 10. The van der Waals surface area contributed by atoms with Gasteiger partial charge in [-0.3, -0.25) is 9.36 Å². The maximum atomic E-state index is 14.0. The van der Waals surface area contributed by atoms with Gasteiger partial charge in [0, 0.05) is 18.0 Å². The summed E-state index contributed by atoms with van der Waals surface area (Å²) >= 11 is 0. The predicted octanol–water partition coefficient (Wildman–Crippen LogP) is 4.98. The zero-order valence-electron chi connectivity index (χ0n) is 24.2. The van der Waals surface area contributed by atoms with E-state index < -0.39 is 5.60 Å². The number of hydrogen-bond donors (Lipinski definition) is 3. The molecule has 0 saturated carbocycles. The van der Waals surface area contributed by atoms with Crippen LogP contribution in [0, 0.1) is 0 Å². The second kappa shape index (κ2) is 12.0. The highest BCUT2D eigenvalue weighted by atomic mass is 16.3. The van der Waals surface area contributed by atoms with Crippen molar-refractivity contribution in [3.8, 4) is 22.5 Å². The maximum Gasteiger partial charge on any atom is 0.261 e. The molecule has 1 aliphatic heterocycles. The largest absolute Gasteiger partial charge is 0.385 e. The number of nitrogens with one attached hydrogen (secondary N) is 2. The molecule has 1 saturated heterocycles. The van der Waals surface area contributed by atoms with Crippen LogP contribution in [-0.2, 0) is 18.6 Å². The molecule has 1 unspecified atom stereocenters. The molecular weight excluding hydrogens is 526 g/mol. The summed E-state index contributed by atoms with van der Waals surface area (Å²) < 4.78 is 1.80. The summed E-state index contributed by atoms with van der Waals surface area (Å²) in [7, 11) is 0. The number of fused-ring (bicyclic) bond motifs is 1. The summed E-state index contributed by atoms with van der Waals surface area (Å²) in [6.07, 6.45) is 5.48. The summed E-state index contributed by atoms with van der Waals surface area (Å²) in [4.78, 5) is 19.0. The molecule has 42 heavy (non-hydrogen) atoms. The lowest BCUT2D eigenvalue weighted by Gasteiger charge is -2.27. The average Bonchev–Trinajstić information content (AvgIpc) is 3.73. The minimum atomic E-state index is -1.04. The number of benzene rings is 3. The molecule has 0 spiro atoms. The third-order valence-corrected chi connectivity index (χ3v) is 8.33. The summed E-state index contributed by atoms with van der Waals surface area (Å²) in [5.74, 6) is 1.33. The molecule has 3 heterocycles. The van der Waals surface area contributed by atoms with Crippen LogP contribution in [-0.4, -0.2) is 47.9 Å². The van der Waals surface area contributed by atoms with E-state index in [1.165, 1.54) is 0 Å². The molecule has 3 aromatic carbocycles. The minimum absolute atomic E-state index is 0.0747. The van der Waals surface area contributed by atoms with E-state index in [1.54, 1.807) is 4.57 Å². The zero-order chi connectivity index (χ0) is 29.1. The first kappa shape index (κ1) is 27.9. The molecule has 9 nitrogen and oxygen atoms in total. The van der Waals surface area contributed by atoms with Crippen molar-refractivity contribution in [3.05, 3.63) is 94.0 Å². The van der Waals surface area contributed by atoms with E-state index in [1.807, 2.05) is 49.4 Å². The van der Waals surface area contributed by atoms with Crippen molar-refractivity contribution in [3.63, 3.8) is 0 Å². The number of aliphatic hydroxyl groups is 1. The highest BCUT2D eigenvalue weighted by molar-refractivity contribution is 5.80. The third-order valence-electron chi connectivity index (χ3n) is 8.33. The van der Waals surface area contributed by atoms with Crippen molar-refractivity contribution >= 4 is 10.9 Å². The number of nitrogens with zero attached hydrogens (tertiary/aromatic N) is 5. The van der Waals surface area contributed by atoms with Gasteiger partial charge < -0.3 is 10.4 Å². The first-order chi connectivity index (χ1) is 20.4. The Morgan fingerprint density at radius 3 is 2.60 bits per heavy atom. The molecule has 0 radical (unpaired) electrons. The summed E-state index contributed by atoms with van der Waals surface area (Å²) in [5, 5.41) is 29.9. The number of tetrazole rings is 1. The Hall–Kier alpha value is -4.21. The Balaban J connectivity index is 1.33. The van der Waals surface area contributed by atoms with Gasteiger partial charge in [0.15, 0.2) is 0 Å². The van der Waals surface area contributed by atoms with Gasteiger partial charge in [-0.15, -0.1) is 10.2 Å². The monoisotopic (exact) mass is 563 g/mol. The van der Waals surface area contributed by atoms with Crippen LogP contribution in [0.2, 0.25) is 0 Å². The van der Waals surface area contributed by atoms with Gasteiger partial charge in [-0.1, -0.05) is 67.9 Å². The fourth-order valence-electron chi connectivity index (χ4n) is 6.00. The van der Waals surface area contributed by atoms with Gasteiger partial charge in [0.05, 0.1) is 23.0 Å². The van der Waals surface area contributed by atoms with Crippen molar-refractivity contribution in [2.45, 2.75) is 70.6 Å². The topological polar surface area (TPSA) is 122 Å². The van der Waals surface area contributed by atoms with Gasteiger partial charge >= 0.3 is 0 Å². The number of aryl methyl sites for hydroxylation is 1. The van der Waals surface area contributed by atoms with Gasteiger partial charge in [-0.2, -0.15) is 5.21 Å². The first-order valence-electron chi connectivity index (χ1n) is 14.8. The predicted molar refractivity (Wildman–Crippen MR) is 164 cm³/mol. The molecule has 0 amide bonds. The van der Waals surface area contributed by atoms with Crippen LogP contribution >= 0.6 is 0 Å². The van der Waals surface area contributed by atoms with Gasteiger partial charge in [-0.25, -0.2) is 4.98 Å². The van der Waals surface area contributed by atoms with Crippen LogP contribution < -0.4 is 10.9 Å². The van der Waals surface area contributed by atoms with Crippen molar-refractivity contribution in [1.82, 2.24) is 35.5 Å². The fourth-order valence-corrected chi connectivity index (χ4v) is 6.00. The van der Waals surface area contributed by atoms with E-state index in [2.05, 4.69) is 57.1 Å². The lowest BCUT2D eigenvalue weighted by Crippen LogP contribution is -2.33. The van der Waals surface area contributed by atoms with Crippen LogP contribution in [0.1, 0.15) is 62.9 Å². The van der Waals surface area contributed by atoms with Gasteiger partial charge in [-0.05, 0) is 78.8 Å². The Labute approximate surface area is 245 Å². The number of hydrogen-bond acceptors (Lipinski definition) is 7. The maximum absolute atomic E-state index is 14.0. The second-order valence-corrected chi connectivity index (χ2v) is 11.5. The average molecular weight is 564 g/mol. The molecular formula is C33H37N7O2.